The molecule has 0 bridgehead atoms. The monoisotopic (exact) mass is 234 g/mol. The van der Waals surface area contributed by atoms with Crippen molar-refractivity contribution in [2.45, 2.75) is 18.9 Å². The summed E-state index contributed by atoms with van der Waals surface area (Å²) in [5.41, 5.74) is 6.61. The molecule has 1 unspecified atom stereocenters. The third kappa shape index (κ3) is 2.97. The minimum Gasteiger partial charge on any atom is -0.496 e. The molecule has 4 nitrogen and oxygen atoms in total. The molecule has 0 spiro atoms. The van der Waals surface area contributed by atoms with Crippen LogP contribution in [0, 0.1) is 0 Å². The van der Waals surface area contributed by atoms with Gasteiger partial charge in [0.2, 0.25) is 0 Å². The Labute approximate surface area is 101 Å². The van der Waals surface area contributed by atoms with E-state index < -0.39 is 0 Å². The van der Waals surface area contributed by atoms with Crippen LogP contribution in [0.3, 0.4) is 0 Å². The van der Waals surface area contributed by atoms with Gasteiger partial charge in [-0.05, 0) is 19.0 Å². The number of methoxy groups -OCH3 is 1. The van der Waals surface area contributed by atoms with E-state index in [1.54, 1.807) is 7.11 Å². The number of aliphatic imine (C=N–C) groups is 1. The fraction of sp³-hybridized carbons (Fsp3) is 0.462. The zero-order valence-electron chi connectivity index (χ0n) is 10.1. The van der Waals surface area contributed by atoms with E-state index in [2.05, 4.69) is 4.99 Å². The Bertz CT molecular complexity index is 404. The molecule has 0 saturated carbocycles. The summed E-state index contributed by atoms with van der Waals surface area (Å²) in [4.78, 5) is 4.51. The van der Waals surface area contributed by atoms with Crippen molar-refractivity contribution in [3.63, 3.8) is 0 Å². The quantitative estimate of drug-likeness (QED) is 0.837. The molecular weight excluding hydrogens is 216 g/mol. The second-order valence-corrected chi connectivity index (χ2v) is 4.05. The summed E-state index contributed by atoms with van der Waals surface area (Å²) in [6, 6.07) is 8.15. The zero-order chi connectivity index (χ0) is 12.1. The highest BCUT2D eigenvalue weighted by atomic mass is 16.5. The van der Waals surface area contributed by atoms with Gasteiger partial charge in [0.15, 0.2) is 5.90 Å². The van der Waals surface area contributed by atoms with Gasteiger partial charge in [0.1, 0.15) is 12.4 Å². The molecule has 1 aliphatic heterocycles. The first kappa shape index (κ1) is 11.9. The van der Waals surface area contributed by atoms with Crippen LogP contribution in [0.25, 0.3) is 0 Å². The molecule has 2 N–H and O–H groups in total. The van der Waals surface area contributed by atoms with Crippen LogP contribution in [-0.2, 0) is 11.2 Å². The number of hydrogen-bond acceptors (Lipinski definition) is 4. The van der Waals surface area contributed by atoms with Gasteiger partial charge >= 0.3 is 0 Å². The number of benzene rings is 1. The predicted molar refractivity (Wildman–Crippen MR) is 67.5 cm³/mol. The Morgan fingerprint density at radius 3 is 3.06 bits per heavy atom. The van der Waals surface area contributed by atoms with E-state index in [1.807, 2.05) is 24.3 Å². The molecule has 0 amide bonds. The van der Waals surface area contributed by atoms with Gasteiger partial charge in [-0.25, -0.2) is 4.99 Å². The van der Waals surface area contributed by atoms with E-state index in [-0.39, 0.29) is 6.04 Å². The standard InChI is InChI=1S/C13H18N2O2/c1-16-12-5-3-2-4-10(12)8-13-15-11(6-7-14)9-17-13/h2-5,11H,6-9,14H2,1H3. The lowest BCUT2D eigenvalue weighted by Crippen LogP contribution is -2.12. The van der Waals surface area contributed by atoms with E-state index >= 15 is 0 Å². The number of nitrogens with two attached hydrogens (primary N) is 1. The van der Waals surface area contributed by atoms with E-state index in [0.717, 1.165) is 23.6 Å². The molecule has 0 radical (unpaired) electrons. The Morgan fingerprint density at radius 2 is 2.29 bits per heavy atom. The lowest BCUT2D eigenvalue weighted by atomic mass is 10.1. The summed E-state index contributed by atoms with van der Waals surface area (Å²) in [6.45, 7) is 1.31. The van der Waals surface area contributed by atoms with Crippen molar-refractivity contribution in [3.8, 4) is 5.75 Å². The number of nitrogens with zero attached hydrogens (tertiary/aromatic N) is 1. The van der Waals surface area contributed by atoms with Crippen LogP contribution in [0.4, 0.5) is 0 Å². The second kappa shape index (κ2) is 5.68. The Hall–Kier alpha value is -1.55. The van der Waals surface area contributed by atoms with Gasteiger partial charge in [-0.1, -0.05) is 18.2 Å². The summed E-state index contributed by atoms with van der Waals surface area (Å²) < 4.78 is 10.9. The minimum atomic E-state index is 0.227. The molecular formula is C13H18N2O2. The van der Waals surface area contributed by atoms with Crippen molar-refractivity contribution >= 4 is 5.90 Å². The topological polar surface area (TPSA) is 56.8 Å². The lowest BCUT2D eigenvalue weighted by molar-refractivity contribution is 0.307. The fourth-order valence-electron chi connectivity index (χ4n) is 1.92. The highest BCUT2D eigenvalue weighted by Crippen LogP contribution is 2.20. The van der Waals surface area contributed by atoms with Gasteiger partial charge in [-0.2, -0.15) is 0 Å². The molecule has 1 aromatic rings. The first-order valence-corrected chi connectivity index (χ1v) is 5.85. The highest BCUT2D eigenvalue weighted by Gasteiger charge is 2.19. The zero-order valence-corrected chi connectivity index (χ0v) is 10.1. The molecule has 0 saturated heterocycles. The molecule has 0 aromatic heterocycles. The number of ether oxygens (including phenoxy) is 2. The summed E-state index contributed by atoms with van der Waals surface area (Å²) in [7, 11) is 1.67. The van der Waals surface area contributed by atoms with Crippen molar-refractivity contribution < 1.29 is 9.47 Å². The molecule has 1 atom stereocenters. The summed E-state index contributed by atoms with van der Waals surface area (Å²) >= 11 is 0. The largest absolute Gasteiger partial charge is 0.496 e. The maximum Gasteiger partial charge on any atom is 0.188 e. The average Bonchev–Trinajstić information content (AvgIpc) is 2.78. The van der Waals surface area contributed by atoms with Crippen LogP contribution in [0.2, 0.25) is 0 Å². The Morgan fingerprint density at radius 1 is 1.47 bits per heavy atom. The Balaban J connectivity index is 2.04. The molecule has 2 rings (SSSR count). The number of rotatable bonds is 5. The molecule has 92 valence electrons. The minimum absolute atomic E-state index is 0.227. The molecule has 17 heavy (non-hydrogen) atoms. The van der Waals surface area contributed by atoms with E-state index in [1.165, 1.54) is 0 Å². The van der Waals surface area contributed by atoms with Gasteiger partial charge in [0, 0.05) is 5.56 Å². The van der Waals surface area contributed by atoms with E-state index in [4.69, 9.17) is 15.2 Å². The summed E-state index contributed by atoms with van der Waals surface area (Å²) in [6.07, 6.45) is 1.57. The third-order valence-corrected chi connectivity index (χ3v) is 2.80. The Kier molecular flexibility index (Phi) is 3.98. The predicted octanol–water partition coefficient (Wildman–Crippen LogP) is 1.38. The average molecular weight is 234 g/mol. The molecule has 1 aliphatic rings. The maximum absolute atomic E-state index is 5.56. The van der Waals surface area contributed by atoms with Crippen LogP contribution in [-0.4, -0.2) is 32.2 Å². The molecule has 0 aliphatic carbocycles. The smallest absolute Gasteiger partial charge is 0.188 e. The fourth-order valence-corrected chi connectivity index (χ4v) is 1.92. The van der Waals surface area contributed by atoms with Crippen molar-refractivity contribution in [1.29, 1.82) is 0 Å². The first-order chi connectivity index (χ1) is 8.33. The lowest BCUT2D eigenvalue weighted by Gasteiger charge is -2.07. The van der Waals surface area contributed by atoms with Crippen molar-refractivity contribution in [2.24, 2.45) is 10.7 Å². The van der Waals surface area contributed by atoms with Crippen LogP contribution >= 0.6 is 0 Å². The van der Waals surface area contributed by atoms with E-state index in [0.29, 0.717) is 19.6 Å². The van der Waals surface area contributed by atoms with Gasteiger partial charge in [0.25, 0.3) is 0 Å². The number of para-hydroxylation sites is 1. The number of hydrogen-bond donors (Lipinski definition) is 1. The molecule has 0 fully saturated rings. The molecule has 1 aromatic carbocycles. The highest BCUT2D eigenvalue weighted by molar-refractivity contribution is 5.80. The van der Waals surface area contributed by atoms with Crippen LogP contribution in [0.5, 0.6) is 5.75 Å². The van der Waals surface area contributed by atoms with Gasteiger partial charge < -0.3 is 15.2 Å². The molecule has 4 heteroatoms. The van der Waals surface area contributed by atoms with Crippen molar-refractivity contribution in [1.82, 2.24) is 0 Å². The maximum atomic E-state index is 5.56. The molecule has 1 heterocycles. The second-order valence-electron chi connectivity index (χ2n) is 4.05. The van der Waals surface area contributed by atoms with Gasteiger partial charge in [-0.3, -0.25) is 0 Å². The van der Waals surface area contributed by atoms with Gasteiger partial charge in [0.05, 0.1) is 19.6 Å². The van der Waals surface area contributed by atoms with Gasteiger partial charge in [-0.15, -0.1) is 0 Å². The SMILES string of the molecule is COc1ccccc1CC1=NC(CCN)CO1. The van der Waals surface area contributed by atoms with Crippen LogP contribution in [0.15, 0.2) is 29.3 Å². The first-order valence-electron chi connectivity index (χ1n) is 5.85. The van der Waals surface area contributed by atoms with E-state index in [9.17, 15) is 0 Å². The van der Waals surface area contributed by atoms with Crippen LogP contribution in [0.1, 0.15) is 12.0 Å². The van der Waals surface area contributed by atoms with Crippen molar-refractivity contribution in [2.75, 3.05) is 20.3 Å². The summed E-state index contributed by atoms with van der Waals surface area (Å²) in [5.74, 6) is 1.66. The third-order valence-electron chi connectivity index (χ3n) is 2.80. The van der Waals surface area contributed by atoms with Crippen LogP contribution < -0.4 is 10.5 Å². The van der Waals surface area contributed by atoms with Crippen molar-refractivity contribution in [3.05, 3.63) is 29.8 Å². The normalized spacial score (nSPS) is 18.7. The summed E-state index contributed by atoms with van der Waals surface area (Å²) in [5, 5.41) is 0.